The Balaban J connectivity index is 1.27. The maximum Gasteiger partial charge on any atom is 0.335 e. The molecule has 1 saturated carbocycles. The predicted octanol–water partition coefficient (Wildman–Crippen LogP) is 4.22. The van der Waals surface area contributed by atoms with Crippen molar-refractivity contribution in [3.8, 4) is 0 Å². The highest BCUT2D eigenvalue weighted by molar-refractivity contribution is 7.92. The van der Waals surface area contributed by atoms with Gasteiger partial charge in [0, 0.05) is 24.5 Å². The van der Waals surface area contributed by atoms with Crippen LogP contribution in [0, 0.1) is 6.92 Å². The van der Waals surface area contributed by atoms with E-state index in [1.807, 2.05) is 12.1 Å². The van der Waals surface area contributed by atoms with Crippen LogP contribution in [0.4, 0.5) is 0 Å². The third-order valence-corrected chi connectivity index (χ3v) is 14.7. The minimum Gasteiger partial charge on any atom is -0.478 e. The van der Waals surface area contributed by atoms with E-state index in [0.29, 0.717) is 11.1 Å². The first-order valence-electron chi connectivity index (χ1n) is 14.6. The number of carboxylic acids is 1. The van der Waals surface area contributed by atoms with Crippen molar-refractivity contribution in [1.82, 2.24) is 9.03 Å². The lowest BCUT2D eigenvalue weighted by Gasteiger charge is -2.43. The van der Waals surface area contributed by atoms with E-state index in [4.69, 9.17) is 0 Å². The Labute approximate surface area is 258 Å². The molecular weight excluding hydrogens is 625 g/mol. The van der Waals surface area contributed by atoms with Crippen LogP contribution in [0.5, 0.6) is 0 Å². The zero-order chi connectivity index (χ0) is 31.5. The van der Waals surface area contributed by atoms with Crippen LogP contribution in [-0.2, 0) is 35.3 Å². The van der Waals surface area contributed by atoms with Crippen molar-refractivity contribution in [3.05, 3.63) is 82.9 Å². The molecule has 44 heavy (non-hydrogen) atoms. The van der Waals surface area contributed by atoms with Gasteiger partial charge < -0.3 is 5.11 Å². The number of carboxylic acid groups (broad SMARTS) is 1. The fourth-order valence-corrected chi connectivity index (χ4v) is 12.1. The number of piperidine rings is 1. The first-order valence-corrected chi connectivity index (χ1v) is 19.0. The largest absolute Gasteiger partial charge is 0.478 e. The SMILES string of the molecule is Cc1cc2c(cc1S(=O)(=O)NC1CCN(S(=O)(=O)c3cccc(C(=O)O)c3)CC1)S(=O)(=O)c1ccccc1C21CCCCC1. The van der Waals surface area contributed by atoms with E-state index in [1.54, 1.807) is 25.1 Å². The van der Waals surface area contributed by atoms with Crippen molar-refractivity contribution >= 4 is 35.9 Å². The lowest BCUT2D eigenvalue weighted by atomic mass is 9.65. The summed E-state index contributed by atoms with van der Waals surface area (Å²) in [7, 11) is -12.1. The van der Waals surface area contributed by atoms with Gasteiger partial charge in [-0.25, -0.2) is 34.8 Å². The predicted molar refractivity (Wildman–Crippen MR) is 162 cm³/mol. The molecule has 2 N–H and O–H groups in total. The van der Waals surface area contributed by atoms with E-state index < -0.39 is 47.3 Å². The summed E-state index contributed by atoms with van der Waals surface area (Å²) in [6.45, 7) is 1.74. The lowest BCUT2D eigenvalue weighted by Crippen LogP contribution is -2.46. The van der Waals surface area contributed by atoms with Gasteiger partial charge in [-0.2, -0.15) is 4.31 Å². The molecule has 10 nitrogen and oxygen atoms in total. The number of aryl methyl sites for hydroxylation is 1. The number of sulfonamides is 2. The van der Waals surface area contributed by atoms with Gasteiger partial charge in [-0.05, 0) is 79.6 Å². The third kappa shape index (κ3) is 5.08. The smallest absolute Gasteiger partial charge is 0.335 e. The van der Waals surface area contributed by atoms with Crippen LogP contribution in [0.1, 0.15) is 72.0 Å². The third-order valence-electron chi connectivity index (χ3n) is 9.27. The molecule has 2 heterocycles. The van der Waals surface area contributed by atoms with E-state index in [2.05, 4.69) is 4.72 Å². The van der Waals surface area contributed by atoms with Crippen LogP contribution in [0.2, 0.25) is 0 Å². The van der Waals surface area contributed by atoms with Crippen molar-refractivity contribution in [2.45, 2.75) is 82.9 Å². The monoisotopic (exact) mass is 658 g/mol. The number of fused-ring (bicyclic) bond motifs is 4. The molecule has 3 aromatic rings. The van der Waals surface area contributed by atoms with Gasteiger partial charge >= 0.3 is 5.97 Å². The Morgan fingerprint density at radius 1 is 0.886 bits per heavy atom. The fourth-order valence-electron chi connectivity index (χ4n) is 7.04. The molecule has 2 aliphatic heterocycles. The molecule has 1 spiro atoms. The average Bonchev–Trinajstić information content (AvgIpc) is 3.00. The van der Waals surface area contributed by atoms with Crippen LogP contribution in [0.15, 0.2) is 80.2 Å². The molecular formula is C31H34N2O8S3. The summed E-state index contributed by atoms with van der Waals surface area (Å²) in [4.78, 5) is 11.3. The van der Waals surface area contributed by atoms with Gasteiger partial charge in [0.25, 0.3) is 0 Å². The molecule has 1 aliphatic carbocycles. The molecule has 0 atom stereocenters. The number of aromatic carboxylic acids is 1. The normalized spacial score (nSPS) is 20.1. The zero-order valence-corrected chi connectivity index (χ0v) is 26.6. The number of rotatable bonds is 6. The second-order valence-corrected chi connectivity index (χ2v) is 17.4. The molecule has 0 aromatic heterocycles. The van der Waals surface area contributed by atoms with Crippen molar-refractivity contribution in [3.63, 3.8) is 0 Å². The second kappa shape index (κ2) is 11.1. The van der Waals surface area contributed by atoms with Crippen LogP contribution >= 0.6 is 0 Å². The van der Waals surface area contributed by atoms with Crippen molar-refractivity contribution in [1.29, 1.82) is 0 Å². The van der Waals surface area contributed by atoms with Crippen LogP contribution in [-0.4, -0.2) is 59.8 Å². The van der Waals surface area contributed by atoms with Crippen molar-refractivity contribution < 1.29 is 35.2 Å². The van der Waals surface area contributed by atoms with E-state index in [0.717, 1.165) is 43.7 Å². The van der Waals surface area contributed by atoms with E-state index in [1.165, 1.54) is 28.6 Å². The first-order chi connectivity index (χ1) is 20.8. The van der Waals surface area contributed by atoms with Crippen LogP contribution in [0.25, 0.3) is 0 Å². The number of hydrogen-bond acceptors (Lipinski definition) is 7. The van der Waals surface area contributed by atoms with E-state index in [-0.39, 0.29) is 51.1 Å². The summed E-state index contributed by atoms with van der Waals surface area (Å²) in [6, 6.07) is 14.6. The molecule has 2 fully saturated rings. The average molecular weight is 659 g/mol. The number of nitrogens with one attached hydrogen (secondary N) is 1. The van der Waals surface area contributed by atoms with Crippen molar-refractivity contribution in [2.75, 3.05) is 13.1 Å². The Kier molecular flexibility index (Phi) is 7.77. The first kappa shape index (κ1) is 30.9. The van der Waals surface area contributed by atoms with E-state index >= 15 is 0 Å². The van der Waals surface area contributed by atoms with Gasteiger partial charge in [-0.3, -0.25) is 0 Å². The summed E-state index contributed by atoms with van der Waals surface area (Å²) in [5.74, 6) is -1.24. The summed E-state index contributed by atoms with van der Waals surface area (Å²) >= 11 is 0. The Morgan fingerprint density at radius 3 is 2.25 bits per heavy atom. The van der Waals surface area contributed by atoms with Gasteiger partial charge in [0.15, 0.2) is 0 Å². The number of nitrogens with zero attached hydrogens (tertiary/aromatic N) is 1. The number of sulfone groups is 1. The maximum absolute atomic E-state index is 13.9. The summed E-state index contributed by atoms with van der Waals surface area (Å²) in [5.41, 5.74) is 1.27. The molecule has 1 saturated heterocycles. The topological polar surface area (TPSA) is 155 Å². The van der Waals surface area contributed by atoms with Gasteiger partial charge in [-0.1, -0.05) is 49.6 Å². The van der Waals surface area contributed by atoms with Gasteiger partial charge in [0.2, 0.25) is 29.9 Å². The second-order valence-electron chi connectivity index (χ2n) is 11.9. The fraction of sp³-hybridized carbons (Fsp3) is 0.387. The summed E-state index contributed by atoms with van der Waals surface area (Å²) in [6.07, 6.45) is 4.93. The summed E-state index contributed by atoms with van der Waals surface area (Å²) in [5, 5.41) is 9.24. The highest BCUT2D eigenvalue weighted by Crippen LogP contribution is 2.53. The quantitative estimate of drug-likeness (QED) is 0.399. The molecule has 3 aliphatic rings. The van der Waals surface area contributed by atoms with Gasteiger partial charge in [0.1, 0.15) is 0 Å². The molecule has 0 radical (unpaired) electrons. The highest BCUT2D eigenvalue weighted by atomic mass is 32.2. The summed E-state index contributed by atoms with van der Waals surface area (Å²) < 4.78 is 85.5. The van der Waals surface area contributed by atoms with E-state index in [9.17, 15) is 35.2 Å². The molecule has 234 valence electrons. The lowest BCUT2D eigenvalue weighted by molar-refractivity contribution is 0.0696. The molecule has 13 heteroatoms. The Bertz CT molecular complexity index is 1980. The highest BCUT2D eigenvalue weighted by Gasteiger charge is 2.47. The number of carbonyl (C=O) groups is 1. The zero-order valence-electron chi connectivity index (χ0n) is 24.2. The van der Waals surface area contributed by atoms with Crippen LogP contribution in [0.3, 0.4) is 0 Å². The van der Waals surface area contributed by atoms with Crippen LogP contribution < -0.4 is 4.72 Å². The molecule has 0 bridgehead atoms. The van der Waals surface area contributed by atoms with Gasteiger partial charge in [-0.15, -0.1) is 0 Å². The Hall–Kier alpha value is -3.10. The standard InChI is InChI=1S/C31H34N2O8S3/c1-21-18-26-29(42(36,37)27-11-4-3-10-25(27)31(26)14-5-2-6-15-31)20-28(21)43(38,39)32-23-12-16-33(17-13-23)44(40,41)24-9-7-8-22(19-24)30(34)35/h3-4,7-11,18-20,23,32H,2,5-6,12-17H2,1H3,(H,34,35). The number of hydrogen-bond donors (Lipinski definition) is 2. The van der Waals surface area contributed by atoms with Gasteiger partial charge in [0.05, 0.1) is 25.1 Å². The molecule has 6 rings (SSSR count). The Morgan fingerprint density at radius 2 is 1.57 bits per heavy atom. The number of benzene rings is 3. The van der Waals surface area contributed by atoms with Crippen molar-refractivity contribution in [2.24, 2.45) is 0 Å². The minimum atomic E-state index is -4.16. The maximum atomic E-state index is 13.9. The minimum absolute atomic E-state index is 0.0314. The molecule has 0 amide bonds. The molecule has 0 unspecified atom stereocenters. The molecule has 3 aromatic carbocycles.